The lowest BCUT2D eigenvalue weighted by Gasteiger charge is -2.17. The maximum atomic E-state index is 11.3. The third-order valence-corrected chi connectivity index (χ3v) is 2.77. The van der Waals surface area contributed by atoms with Crippen LogP contribution >= 0.6 is 0 Å². The summed E-state index contributed by atoms with van der Waals surface area (Å²) in [7, 11) is 0. The van der Waals surface area contributed by atoms with Crippen molar-refractivity contribution in [3.05, 3.63) is 68.8 Å². The van der Waals surface area contributed by atoms with E-state index in [0.717, 1.165) is 17.0 Å². The van der Waals surface area contributed by atoms with E-state index in [-0.39, 0.29) is 5.69 Å². The van der Waals surface area contributed by atoms with Gasteiger partial charge in [0.1, 0.15) is 5.69 Å². The largest absolute Gasteiger partial charge is 0.300 e. The maximum Gasteiger partial charge on any atom is 0.300 e. The van der Waals surface area contributed by atoms with Gasteiger partial charge in [0, 0.05) is 11.8 Å². The quantitative estimate of drug-likeness (QED) is 0.477. The Bertz CT molecular complexity index is 702. The van der Waals surface area contributed by atoms with Crippen molar-refractivity contribution in [2.45, 2.75) is 0 Å². The topological polar surface area (TPSA) is 107 Å². The molecular formula is C13H9N3O5. The number of hydrogen-bond acceptors (Lipinski definition) is 5. The average molecular weight is 287 g/mol. The predicted molar refractivity (Wildman–Crippen MR) is 74.4 cm³/mol. The van der Waals surface area contributed by atoms with Crippen LogP contribution < -0.4 is 4.90 Å². The third-order valence-electron chi connectivity index (χ3n) is 2.77. The van der Waals surface area contributed by atoms with E-state index in [4.69, 9.17) is 0 Å². The van der Waals surface area contributed by atoms with Gasteiger partial charge in [-0.05, 0) is 18.2 Å². The summed E-state index contributed by atoms with van der Waals surface area (Å²) in [6.07, 6.45) is 0.420. The molecule has 0 saturated heterocycles. The highest BCUT2D eigenvalue weighted by atomic mass is 16.6. The second kappa shape index (κ2) is 5.78. The molecule has 0 radical (unpaired) electrons. The smallest absolute Gasteiger partial charge is 0.278 e. The molecule has 106 valence electrons. The molecule has 0 saturated carbocycles. The number of benzene rings is 2. The predicted octanol–water partition coefficient (Wildman–Crippen LogP) is 2.80. The molecule has 0 aliphatic carbocycles. The van der Waals surface area contributed by atoms with E-state index in [1.54, 1.807) is 30.3 Å². The fourth-order valence-corrected chi connectivity index (χ4v) is 1.82. The Morgan fingerprint density at radius 1 is 0.952 bits per heavy atom. The molecule has 0 aliphatic rings. The summed E-state index contributed by atoms with van der Waals surface area (Å²) in [5.74, 6) is 0. The van der Waals surface area contributed by atoms with Crippen LogP contribution in [-0.4, -0.2) is 16.3 Å². The molecule has 2 aromatic carbocycles. The number of nitrogens with zero attached hydrogens (tertiary/aromatic N) is 3. The van der Waals surface area contributed by atoms with Crippen LogP contribution in [0, 0.1) is 20.2 Å². The molecule has 8 nitrogen and oxygen atoms in total. The van der Waals surface area contributed by atoms with E-state index < -0.39 is 21.2 Å². The minimum Gasteiger partial charge on any atom is -0.278 e. The molecule has 0 aliphatic heterocycles. The first-order chi connectivity index (χ1) is 10.0. The van der Waals surface area contributed by atoms with Crippen molar-refractivity contribution in [3.8, 4) is 0 Å². The van der Waals surface area contributed by atoms with Gasteiger partial charge in [0.05, 0.1) is 15.9 Å². The van der Waals surface area contributed by atoms with Crippen LogP contribution in [0.1, 0.15) is 0 Å². The first-order valence-corrected chi connectivity index (χ1v) is 5.77. The molecule has 0 aromatic heterocycles. The molecule has 2 aromatic rings. The molecule has 1 amide bonds. The summed E-state index contributed by atoms with van der Waals surface area (Å²) in [6, 6.07) is 11.4. The Balaban J connectivity index is 2.58. The molecular weight excluding hydrogens is 278 g/mol. The zero-order chi connectivity index (χ0) is 15.4. The number of carbonyl (C=O) groups excluding carboxylic acids is 1. The number of carbonyl (C=O) groups is 1. The summed E-state index contributed by atoms with van der Waals surface area (Å²) in [4.78, 5) is 32.6. The molecule has 0 spiro atoms. The lowest BCUT2D eigenvalue weighted by molar-refractivity contribution is -0.393. The second-order valence-electron chi connectivity index (χ2n) is 4.00. The maximum absolute atomic E-state index is 11.3. The zero-order valence-electron chi connectivity index (χ0n) is 10.6. The fraction of sp³-hybridized carbons (Fsp3) is 0. The van der Waals surface area contributed by atoms with E-state index in [2.05, 4.69) is 0 Å². The van der Waals surface area contributed by atoms with Gasteiger partial charge >= 0.3 is 0 Å². The van der Waals surface area contributed by atoms with Crippen LogP contribution in [0.4, 0.5) is 22.7 Å². The van der Waals surface area contributed by atoms with Crippen molar-refractivity contribution in [2.75, 3.05) is 4.90 Å². The summed E-state index contributed by atoms with van der Waals surface area (Å²) >= 11 is 0. The van der Waals surface area contributed by atoms with Gasteiger partial charge in [-0.15, -0.1) is 0 Å². The lowest BCUT2D eigenvalue weighted by atomic mass is 10.2. The van der Waals surface area contributed by atoms with E-state index in [0.29, 0.717) is 12.1 Å². The first-order valence-electron chi connectivity index (χ1n) is 5.77. The summed E-state index contributed by atoms with van der Waals surface area (Å²) in [6.45, 7) is 0. The lowest BCUT2D eigenvalue weighted by Crippen LogP contribution is -2.15. The van der Waals surface area contributed by atoms with Gasteiger partial charge in [-0.1, -0.05) is 18.2 Å². The highest BCUT2D eigenvalue weighted by molar-refractivity contribution is 5.90. The molecule has 0 unspecified atom stereocenters. The molecule has 0 fully saturated rings. The summed E-state index contributed by atoms with van der Waals surface area (Å²) < 4.78 is 0. The number of amides is 1. The van der Waals surface area contributed by atoms with Crippen molar-refractivity contribution in [3.63, 3.8) is 0 Å². The van der Waals surface area contributed by atoms with Crippen LogP contribution in [-0.2, 0) is 4.79 Å². The number of nitro groups is 2. The zero-order valence-corrected chi connectivity index (χ0v) is 10.6. The molecule has 0 N–H and O–H groups in total. The molecule has 2 rings (SSSR count). The standard InChI is InChI=1S/C13H9N3O5/c17-9-14(10-4-2-1-3-5-10)12-7-6-11(15(18)19)8-13(12)16(20)21/h1-9H. The van der Waals surface area contributed by atoms with Crippen LogP contribution in [0.25, 0.3) is 0 Å². The molecule has 0 bridgehead atoms. The highest BCUT2D eigenvalue weighted by Crippen LogP contribution is 2.35. The van der Waals surface area contributed by atoms with Gasteiger partial charge in [-0.2, -0.15) is 0 Å². The van der Waals surface area contributed by atoms with Crippen molar-refractivity contribution >= 4 is 29.2 Å². The highest BCUT2D eigenvalue weighted by Gasteiger charge is 2.24. The molecule has 0 atom stereocenters. The second-order valence-corrected chi connectivity index (χ2v) is 4.00. The van der Waals surface area contributed by atoms with Crippen molar-refractivity contribution in [2.24, 2.45) is 0 Å². The molecule has 8 heteroatoms. The Kier molecular flexibility index (Phi) is 3.89. The summed E-state index contributed by atoms with van der Waals surface area (Å²) in [5, 5.41) is 21.8. The van der Waals surface area contributed by atoms with E-state index >= 15 is 0 Å². The SMILES string of the molecule is O=CN(c1ccccc1)c1ccc([N+](=O)[O-])cc1[N+](=O)[O-]. The number of para-hydroxylation sites is 1. The average Bonchev–Trinajstić information content (AvgIpc) is 2.49. The minimum absolute atomic E-state index is 0.0354. The van der Waals surface area contributed by atoms with E-state index in [1.807, 2.05) is 0 Å². The number of rotatable bonds is 5. The Labute approximate surface area is 118 Å². The number of anilines is 2. The van der Waals surface area contributed by atoms with Gasteiger partial charge in [-0.3, -0.25) is 29.9 Å². The van der Waals surface area contributed by atoms with Gasteiger partial charge in [0.2, 0.25) is 6.41 Å². The van der Waals surface area contributed by atoms with Crippen LogP contribution in [0.2, 0.25) is 0 Å². The third kappa shape index (κ3) is 2.84. The van der Waals surface area contributed by atoms with Gasteiger partial charge in [-0.25, -0.2) is 0 Å². The van der Waals surface area contributed by atoms with Crippen molar-refractivity contribution in [1.29, 1.82) is 0 Å². The monoisotopic (exact) mass is 287 g/mol. The molecule has 0 heterocycles. The van der Waals surface area contributed by atoms with E-state index in [1.165, 1.54) is 6.07 Å². The van der Waals surface area contributed by atoms with Crippen molar-refractivity contribution < 1.29 is 14.6 Å². The molecule has 21 heavy (non-hydrogen) atoms. The van der Waals surface area contributed by atoms with Crippen LogP contribution in [0.5, 0.6) is 0 Å². The van der Waals surface area contributed by atoms with Gasteiger partial charge in [0.25, 0.3) is 11.4 Å². The minimum atomic E-state index is -0.762. The van der Waals surface area contributed by atoms with Crippen LogP contribution in [0.15, 0.2) is 48.5 Å². The van der Waals surface area contributed by atoms with Crippen LogP contribution in [0.3, 0.4) is 0 Å². The van der Waals surface area contributed by atoms with E-state index in [9.17, 15) is 25.0 Å². The summed E-state index contributed by atoms with van der Waals surface area (Å²) in [5.41, 5.74) is -0.541. The van der Waals surface area contributed by atoms with Crippen molar-refractivity contribution in [1.82, 2.24) is 0 Å². The van der Waals surface area contributed by atoms with Gasteiger partial charge in [0.15, 0.2) is 0 Å². The Morgan fingerprint density at radius 3 is 2.14 bits per heavy atom. The number of non-ortho nitro benzene ring substituents is 1. The Hall–Kier alpha value is -3.29. The Morgan fingerprint density at radius 2 is 1.62 bits per heavy atom. The number of nitro benzene ring substituents is 2. The number of hydrogen-bond donors (Lipinski definition) is 0. The normalized spacial score (nSPS) is 9.90. The fourth-order valence-electron chi connectivity index (χ4n) is 1.82. The van der Waals surface area contributed by atoms with Gasteiger partial charge < -0.3 is 0 Å². The first kappa shape index (κ1) is 14.1.